The van der Waals surface area contributed by atoms with E-state index in [1.54, 1.807) is 13.3 Å². The highest BCUT2D eigenvalue weighted by molar-refractivity contribution is 5.77. The summed E-state index contributed by atoms with van der Waals surface area (Å²) in [5.74, 6) is 1.21. The van der Waals surface area contributed by atoms with E-state index in [9.17, 15) is 9.59 Å². The Morgan fingerprint density at radius 1 is 1.28 bits per heavy atom. The Morgan fingerprint density at radius 3 is 2.78 bits per heavy atom. The molecule has 1 aromatic rings. The Labute approximate surface area is 190 Å². The fraction of sp³-hybridized carbons (Fsp3) is 0.708. The molecule has 0 spiro atoms. The number of ether oxygens (including phenoxy) is 2. The van der Waals surface area contributed by atoms with Crippen molar-refractivity contribution >= 4 is 11.8 Å². The standard InChI is InChI=1S/C24H36N4O4/c1-16(2)26-21(29)11-18-14-28(13-17-7-6-8-25-24(17)31-3)19-15-32-20(23(18)19)12-22(30)27-9-4-5-10-27/h6-8,16,18-20,23H,4-5,9-15H2,1-3H3,(H,26,29)/t18-,19-,20+,23-/m1/s1. The molecule has 0 saturated carbocycles. The van der Waals surface area contributed by atoms with Gasteiger partial charge in [0.1, 0.15) is 0 Å². The first-order valence-corrected chi connectivity index (χ1v) is 11.9. The van der Waals surface area contributed by atoms with Crippen molar-refractivity contribution in [1.82, 2.24) is 20.1 Å². The number of hydrogen-bond acceptors (Lipinski definition) is 6. The summed E-state index contributed by atoms with van der Waals surface area (Å²) in [7, 11) is 1.64. The number of nitrogens with one attached hydrogen (secondary N) is 1. The number of likely N-dealkylation sites (tertiary alicyclic amines) is 2. The van der Waals surface area contributed by atoms with Gasteiger partial charge in [-0.15, -0.1) is 0 Å². The molecular formula is C24H36N4O4. The van der Waals surface area contributed by atoms with E-state index in [0.29, 0.717) is 31.9 Å². The van der Waals surface area contributed by atoms with E-state index in [2.05, 4.69) is 15.2 Å². The van der Waals surface area contributed by atoms with Gasteiger partial charge in [-0.3, -0.25) is 14.5 Å². The molecule has 1 aromatic heterocycles. The van der Waals surface area contributed by atoms with Gasteiger partial charge in [0.15, 0.2) is 0 Å². The Kier molecular flexibility index (Phi) is 7.30. The minimum Gasteiger partial charge on any atom is -0.481 e. The number of fused-ring (bicyclic) bond motifs is 1. The Balaban J connectivity index is 1.49. The van der Waals surface area contributed by atoms with Crippen LogP contribution in [0.5, 0.6) is 5.88 Å². The zero-order chi connectivity index (χ0) is 22.7. The summed E-state index contributed by atoms with van der Waals surface area (Å²) in [5.41, 5.74) is 1.03. The molecule has 4 heterocycles. The van der Waals surface area contributed by atoms with Gasteiger partial charge in [-0.2, -0.15) is 0 Å². The van der Waals surface area contributed by atoms with Crippen molar-refractivity contribution in [3.63, 3.8) is 0 Å². The number of rotatable bonds is 8. The van der Waals surface area contributed by atoms with E-state index in [-0.39, 0.29) is 41.8 Å². The van der Waals surface area contributed by atoms with Crippen LogP contribution in [0.3, 0.4) is 0 Å². The van der Waals surface area contributed by atoms with Gasteiger partial charge < -0.3 is 19.7 Å². The smallest absolute Gasteiger partial charge is 0.225 e. The lowest BCUT2D eigenvalue weighted by Gasteiger charge is -2.25. The maximum atomic E-state index is 12.8. The Morgan fingerprint density at radius 2 is 2.06 bits per heavy atom. The predicted octanol–water partition coefficient (Wildman–Crippen LogP) is 1.83. The number of nitrogens with zero attached hydrogens (tertiary/aromatic N) is 3. The number of methoxy groups -OCH3 is 1. The minimum atomic E-state index is -0.134. The summed E-state index contributed by atoms with van der Waals surface area (Å²) in [6, 6.07) is 4.25. The molecule has 8 nitrogen and oxygen atoms in total. The lowest BCUT2D eigenvalue weighted by Crippen LogP contribution is -2.37. The van der Waals surface area contributed by atoms with Crippen LogP contribution in [0.15, 0.2) is 18.3 Å². The average molecular weight is 445 g/mol. The predicted molar refractivity (Wildman–Crippen MR) is 120 cm³/mol. The fourth-order valence-corrected chi connectivity index (χ4v) is 5.63. The van der Waals surface area contributed by atoms with Gasteiger partial charge in [0.2, 0.25) is 17.7 Å². The van der Waals surface area contributed by atoms with E-state index >= 15 is 0 Å². The van der Waals surface area contributed by atoms with Crippen LogP contribution in [0.1, 0.15) is 45.1 Å². The topological polar surface area (TPSA) is 84.0 Å². The third-order valence-corrected chi connectivity index (χ3v) is 6.99. The quantitative estimate of drug-likeness (QED) is 0.659. The molecule has 3 aliphatic rings. The maximum absolute atomic E-state index is 12.8. The van der Waals surface area contributed by atoms with Crippen LogP contribution in [-0.2, 0) is 20.9 Å². The Hall–Kier alpha value is -2.19. The monoisotopic (exact) mass is 444 g/mol. The molecular weight excluding hydrogens is 408 g/mol. The van der Waals surface area contributed by atoms with E-state index in [1.807, 2.05) is 30.9 Å². The molecule has 0 bridgehead atoms. The van der Waals surface area contributed by atoms with Crippen molar-refractivity contribution in [3.8, 4) is 5.88 Å². The highest BCUT2D eigenvalue weighted by atomic mass is 16.5. The number of carbonyl (C=O) groups excluding carboxylic acids is 2. The molecule has 176 valence electrons. The highest BCUT2D eigenvalue weighted by Gasteiger charge is 2.51. The van der Waals surface area contributed by atoms with Gasteiger partial charge in [-0.1, -0.05) is 6.07 Å². The molecule has 8 heteroatoms. The molecule has 4 rings (SSSR count). The number of pyridine rings is 1. The van der Waals surface area contributed by atoms with Crippen molar-refractivity contribution in [2.45, 2.75) is 64.3 Å². The number of hydrogen-bond donors (Lipinski definition) is 1. The van der Waals surface area contributed by atoms with Crippen molar-refractivity contribution in [3.05, 3.63) is 23.9 Å². The zero-order valence-corrected chi connectivity index (χ0v) is 19.5. The highest BCUT2D eigenvalue weighted by Crippen LogP contribution is 2.42. The molecule has 3 saturated heterocycles. The number of amides is 2. The van der Waals surface area contributed by atoms with Crippen LogP contribution < -0.4 is 10.1 Å². The second kappa shape index (κ2) is 10.2. The van der Waals surface area contributed by atoms with E-state index in [0.717, 1.165) is 38.0 Å². The second-order valence-electron chi connectivity index (χ2n) is 9.60. The van der Waals surface area contributed by atoms with E-state index in [4.69, 9.17) is 9.47 Å². The van der Waals surface area contributed by atoms with Gasteiger partial charge in [-0.05, 0) is 38.7 Å². The zero-order valence-electron chi connectivity index (χ0n) is 19.5. The van der Waals surface area contributed by atoms with Gasteiger partial charge in [-0.25, -0.2) is 4.98 Å². The SMILES string of the molecule is COc1ncccc1CN1C[C@@H](CC(=O)NC(C)C)[C@H]2[C@H](CC(=O)N3CCCC3)OC[C@H]21. The van der Waals surface area contributed by atoms with Crippen molar-refractivity contribution < 1.29 is 19.1 Å². The van der Waals surface area contributed by atoms with Crippen molar-refractivity contribution in [2.24, 2.45) is 11.8 Å². The van der Waals surface area contributed by atoms with Crippen LogP contribution in [0, 0.1) is 11.8 Å². The molecule has 1 N–H and O–H groups in total. The molecule has 0 aliphatic carbocycles. The van der Waals surface area contributed by atoms with Crippen molar-refractivity contribution in [2.75, 3.05) is 33.4 Å². The van der Waals surface area contributed by atoms with Crippen LogP contribution in [0.4, 0.5) is 0 Å². The summed E-state index contributed by atoms with van der Waals surface area (Å²) in [6.07, 6.45) is 4.63. The molecule has 32 heavy (non-hydrogen) atoms. The van der Waals surface area contributed by atoms with Crippen LogP contribution in [0.25, 0.3) is 0 Å². The van der Waals surface area contributed by atoms with Crippen molar-refractivity contribution in [1.29, 1.82) is 0 Å². The van der Waals surface area contributed by atoms with Gasteiger partial charge in [0, 0.05) is 62.4 Å². The minimum absolute atomic E-state index is 0.0704. The van der Waals surface area contributed by atoms with Crippen LogP contribution in [-0.4, -0.2) is 78.1 Å². The van der Waals surface area contributed by atoms with Crippen LogP contribution in [0.2, 0.25) is 0 Å². The average Bonchev–Trinajstić information content (AvgIpc) is 3.48. The third-order valence-electron chi connectivity index (χ3n) is 6.99. The first kappa shape index (κ1) is 23.0. The third kappa shape index (κ3) is 5.07. The fourth-order valence-electron chi connectivity index (χ4n) is 5.63. The summed E-state index contributed by atoms with van der Waals surface area (Å²) < 4.78 is 11.6. The van der Waals surface area contributed by atoms with Gasteiger partial charge >= 0.3 is 0 Å². The number of carbonyl (C=O) groups is 2. The van der Waals surface area contributed by atoms with Gasteiger partial charge in [0.05, 0.1) is 26.2 Å². The maximum Gasteiger partial charge on any atom is 0.225 e. The first-order valence-electron chi connectivity index (χ1n) is 11.9. The van der Waals surface area contributed by atoms with E-state index in [1.165, 1.54) is 0 Å². The molecule has 4 atom stereocenters. The molecule has 3 aliphatic heterocycles. The molecule has 3 fully saturated rings. The summed E-state index contributed by atoms with van der Waals surface area (Å²) in [6.45, 7) is 7.75. The summed E-state index contributed by atoms with van der Waals surface area (Å²) in [4.78, 5) is 34.2. The van der Waals surface area contributed by atoms with Crippen LogP contribution >= 0.6 is 0 Å². The Bertz CT molecular complexity index is 811. The lowest BCUT2D eigenvalue weighted by atomic mass is 9.84. The molecule has 0 radical (unpaired) electrons. The molecule has 2 amide bonds. The largest absolute Gasteiger partial charge is 0.481 e. The molecule has 0 aromatic carbocycles. The molecule has 0 unspecified atom stereocenters. The van der Waals surface area contributed by atoms with Gasteiger partial charge in [0.25, 0.3) is 0 Å². The lowest BCUT2D eigenvalue weighted by molar-refractivity contribution is -0.133. The van der Waals surface area contributed by atoms with E-state index < -0.39 is 0 Å². The first-order chi connectivity index (χ1) is 15.5. The summed E-state index contributed by atoms with van der Waals surface area (Å²) >= 11 is 0. The number of aromatic nitrogens is 1. The second-order valence-corrected chi connectivity index (χ2v) is 9.60. The summed E-state index contributed by atoms with van der Waals surface area (Å²) in [5, 5.41) is 3.03. The normalized spacial score (nSPS) is 27.7.